The number of para-hydroxylation sites is 1. The van der Waals surface area contributed by atoms with Crippen LogP contribution in [0, 0.1) is 4.77 Å². The van der Waals surface area contributed by atoms with Crippen LogP contribution in [-0.4, -0.2) is 9.55 Å². The maximum Gasteiger partial charge on any atom is 0.266 e. The topological polar surface area (TPSA) is 37.8 Å². The molecule has 1 aromatic heterocycles. The Bertz CT molecular complexity index is 930. The highest BCUT2D eigenvalue weighted by Crippen LogP contribution is 2.20. The number of nitrogens with one attached hydrogen (secondary N) is 1. The number of rotatable bonds is 1. The summed E-state index contributed by atoms with van der Waals surface area (Å²) in [7, 11) is 0. The van der Waals surface area contributed by atoms with Crippen LogP contribution in [0.15, 0.2) is 47.3 Å². The number of aromatic amines is 1. The normalized spacial score (nSPS) is 10.9. The molecule has 0 saturated heterocycles. The van der Waals surface area contributed by atoms with Crippen LogP contribution in [-0.2, 0) is 0 Å². The Morgan fingerprint density at radius 2 is 1.85 bits per heavy atom. The van der Waals surface area contributed by atoms with Crippen molar-refractivity contribution in [3.05, 3.63) is 67.6 Å². The van der Waals surface area contributed by atoms with E-state index in [0.29, 0.717) is 26.6 Å². The van der Waals surface area contributed by atoms with E-state index in [4.69, 9.17) is 35.4 Å². The van der Waals surface area contributed by atoms with Crippen molar-refractivity contribution >= 4 is 46.3 Å². The van der Waals surface area contributed by atoms with Crippen LogP contribution >= 0.6 is 35.4 Å². The third kappa shape index (κ3) is 2.16. The molecule has 2 aromatic carbocycles. The fourth-order valence-electron chi connectivity index (χ4n) is 2.04. The summed E-state index contributed by atoms with van der Waals surface area (Å²) in [5.74, 6) is 0. The van der Waals surface area contributed by atoms with Crippen molar-refractivity contribution in [2.24, 2.45) is 0 Å². The Labute approximate surface area is 129 Å². The molecule has 0 aliphatic rings. The van der Waals surface area contributed by atoms with Gasteiger partial charge in [0.15, 0.2) is 4.77 Å². The molecule has 1 heterocycles. The van der Waals surface area contributed by atoms with E-state index in [1.165, 1.54) is 4.57 Å². The summed E-state index contributed by atoms with van der Waals surface area (Å²) in [5.41, 5.74) is 0.939. The minimum Gasteiger partial charge on any atom is -0.331 e. The largest absolute Gasteiger partial charge is 0.331 e. The van der Waals surface area contributed by atoms with Crippen molar-refractivity contribution in [2.45, 2.75) is 0 Å². The molecule has 0 radical (unpaired) electrons. The number of fused-ring (bicyclic) bond motifs is 1. The maximum absolute atomic E-state index is 12.6. The van der Waals surface area contributed by atoms with Gasteiger partial charge in [0.05, 0.1) is 21.6 Å². The molecule has 0 aliphatic carbocycles. The van der Waals surface area contributed by atoms with Crippen molar-refractivity contribution in [2.75, 3.05) is 0 Å². The van der Waals surface area contributed by atoms with E-state index in [0.717, 1.165) is 0 Å². The van der Waals surface area contributed by atoms with Crippen LogP contribution < -0.4 is 5.56 Å². The number of benzene rings is 2. The molecule has 0 saturated carbocycles. The molecule has 3 aromatic rings. The fourth-order valence-corrected chi connectivity index (χ4v) is 2.72. The predicted octanol–water partition coefficient (Wildman–Crippen LogP) is 4.36. The lowest BCUT2D eigenvalue weighted by atomic mass is 10.2. The molecule has 0 aliphatic heterocycles. The van der Waals surface area contributed by atoms with Gasteiger partial charge in [0.2, 0.25) is 0 Å². The van der Waals surface area contributed by atoms with Crippen molar-refractivity contribution in [3.8, 4) is 5.69 Å². The SMILES string of the molecule is O=c1c2cc(Cl)ccc2[nH]c(=S)n1-c1ccccc1Cl. The van der Waals surface area contributed by atoms with Gasteiger partial charge in [-0.25, -0.2) is 0 Å². The van der Waals surface area contributed by atoms with E-state index in [2.05, 4.69) is 4.98 Å². The number of hydrogen-bond acceptors (Lipinski definition) is 2. The summed E-state index contributed by atoms with van der Waals surface area (Å²) in [6.07, 6.45) is 0. The highest BCUT2D eigenvalue weighted by atomic mass is 35.5. The van der Waals surface area contributed by atoms with Gasteiger partial charge in [-0.2, -0.15) is 0 Å². The minimum absolute atomic E-state index is 0.251. The molecule has 100 valence electrons. The maximum atomic E-state index is 12.6. The Kier molecular flexibility index (Phi) is 3.38. The molecule has 3 nitrogen and oxygen atoms in total. The third-order valence-electron chi connectivity index (χ3n) is 2.95. The van der Waals surface area contributed by atoms with Gasteiger partial charge in [0.25, 0.3) is 5.56 Å². The first-order valence-corrected chi connectivity index (χ1v) is 6.94. The molecular weight excluding hydrogens is 315 g/mol. The Balaban J connectivity index is 2.46. The monoisotopic (exact) mass is 322 g/mol. The lowest BCUT2D eigenvalue weighted by Crippen LogP contribution is -2.20. The molecule has 1 N–H and O–H groups in total. The van der Waals surface area contributed by atoms with Crippen molar-refractivity contribution in [1.29, 1.82) is 0 Å². The number of H-pyrrole nitrogens is 1. The third-order valence-corrected chi connectivity index (χ3v) is 3.79. The van der Waals surface area contributed by atoms with Crippen molar-refractivity contribution < 1.29 is 0 Å². The molecule has 6 heteroatoms. The predicted molar refractivity (Wildman–Crippen MR) is 84.7 cm³/mol. The van der Waals surface area contributed by atoms with Gasteiger partial charge >= 0.3 is 0 Å². The van der Waals surface area contributed by atoms with Crippen LogP contribution in [0.5, 0.6) is 0 Å². The van der Waals surface area contributed by atoms with E-state index in [1.807, 2.05) is 0 Å². The van der Waals surface area contributed by atoms with Gasteiger partial charge in [0, 0.05) is 5.02 Å². The lowest BCUT2D eigenvalue weighted by molar-refractivity contribution is 0.940. The Morgan fingerprint density at radius 1 is 1.10 bits per heavy atom. The second kappa shape index (κ2) is 5.05. The standard InChI is InChI=1S/C14H8Cl2N2OS/c15-8-5-6-11-9(7-8)13(19)18(14(20)17-11)12-4-2-1-3-10(12)16/h1-7H,(H,17,20). The van der Waals surface area contributed by atoms with Gasteiger partial charge in [-0.15, -0.1) is 0 Å². The van der Waals surface area contributed by atoms with Crippen molar-refractivity contribution in [1.82, 2.24) is 9.55 Å². The molecule has 0 unspecified atom stereocenters. The second-order valence-electron chi connectivity index (χ2n) is 4.21. The number of halogens is 2. The van der Waals surface area contributed by atoms with E-state index in [9.17, 15) is 4.79 Å². The van der Waals surface area contributed by atoms with E-state index >= 15 is 0 Å². The van der Waals surface area contributed by atoms with Crippen molar-refractivity contribution in [3.63, 3.8) is 0 Å². The summed E-state index contributed by atoms with van der Waals surface area (Å²) in [5, 5.41) is 1.41. The average molecular weight is 323 g/mol. The number of nitrogens with zero attached hydrogens (tertiary/aromatic N) is 1. The average Bonchev–Trinajstić information content (AvgIpc) is 2.42. The van der Waals surface area contributed by atoms with Gasteiger partial charge in [-0.05, 0) is 42.5 Å². The smallest absolute Gasteiger partial charge is 0.266 e. The lowest BCUT2D eigenvalue weighted by Gasteiger charge is -2.09. The molecule has 20 heavy (non-hydrogen) atoms. The van der Waals surface area contributed by atoms with E-state index < -0.39 is 0 Å². The second-order valence-corrected chi connectivity index (χ2v) is 5.44. The zero-order valence-electron chi connectivity index (χ0n) is 10.1. The highest BCUT2D eigenvalue weighted by Gasteiger charge is 2.10. The van der Waals surface area contributed by atoms with Crippen LogP contribution in [0.25, 0.3) is 16.6 Å². The van der Waals surface area contributed by atoms with Crippen LogP contribution in [0.4, 0.5) is 0 Å². The Morgan fingerprint density at radius 3 is 2.60 bits per heavy atom. The zero-order chi connectivity index (χ0) is 14.3. The van der Waals surface area contributed by atoms with Crippen LogP contribution in [0.3, 0.4) is 0 Å². The molecule has 3 rings (SSSR count). The van der Waals surface area contributed by atoms with Crippen LogP contribution in [0.1, 0.15) is 0 Å². The van der Waals surface area contributed by atoms with Gasteiger partial charge < -0.3 is 4.98 Å². The fraction of sp³-hybridized carbons (Fsp3) is 0. The summed E-state index contributed by atoms with van der Waals surface area (Å²) < 4.78 is 1.66. The minimum atomic E-state index is -0.251. The van der Waals surface area contributed by atoms with Crippen LogP contribution in [0.2, 0.25) is 10.0 Å². The van der Waals surface area contributed by atoms with E-state index in [-0.39, 0.29) is 10.3 Å². The molecule has 0 bridgehead atoms. The number of aromatic nitrogens is 2. The molecule has 0 amide bonds. The van der Waals surface area contributed by atoms with E-state index in [1.54, 1.807) is 42.5 Å². The zero-order valence-corrected chi connectivity index (χ0v) is 12.4. The first-order chi connectivity index (χ1) is 9.58. The molecule has 0 atom stereocenters. The summed E-state index contributed by atoms with van der Waals surface area (Å²) in [6, 6.07) is 12.1. The summed E-state index contributed by atoms with van der Waals surface area (Å²) >= 11 is 17.3. The van der Waals surface area contributed by atoms with Gasteiger partial charge in [-0.3, -0.25) is 9.36 Å². The highest BCUT2D eigenvalue weighted by molar-refractivity contribution is 7.71. The first-order valence-electron chi connectivity index (χ1n) is 5.77. The summed E-state index contributed by atoms with van der Waals surface area (Å²) in [4.78, 5) is 15.6. The molecular formula is C14H8Cl2N2OS. The molecule has 0 spiro atoms. The molecule has 0 fully saturated rings. The summed E-state index contributed by atoms with van der Waals surface area (Å²) in [6.45, 7) is 0. The van der Waals surface area contributed by atoms with Gasteiger partial charge in [0.1, 0.15) is 0 Å². The first kappa shape index (κ1) is 13.4. The number of hydrogen-bond donors (Lipinski definition) is 1. The Hall–Kier alpha value is -1.62. The quantitative estimate of drug-likeness (QED) is 0.676. The van der Waals surface area contributed by atoms with Gasteiger partial charge in [-0.1, -0.05) is 35.3 Å².